The fourth-order valence-electron chi connectivity index (χ4n) is 3.79. The molecule has 156 valence electrons. The maximum atomic E-state index is 12.7. The number of ether oxygens (including phenoxy) is 1. The van der Waals surface area contributed by atoms with Crippen molar-refractivity contribution in [3.05, 3.63) is 72.1 Å². The van der Waals surface area contributed by atoms with Crippen LogP contribution in [0.1, 0.15) is 17.5 Å². The lowest BCUT2D eigenvalue weighted by atomic mass is 10.1. The van der Waals surface area contributed by atoms with E-state index in [9.17, 15) is 4.79 Å². The minimum atomic E-state index is 0.215. The summed E-state index contributed by atoms with van der Waals surface area (Å²) in [6.45, 7) is 5.11. The molecule has 3 aromatic rings. The van der Waals surface area contributed by atoms with E-state index >= 15 is 0 Å². The van der Waals surface area contributed by atoms with Crippen molar-refractivity contribution in [1.29, 1.82) is 0 Å². The van der Waals surface area contributed by atoms with E-state index in [0.29, 0.717) is 6.42 Å². The number of amides is 1. The van der Waals surface area contributed by atoms with Crippen molar-refractivity contribution < 1.29 is 9.53 Å². The highest BCUT2D eigenvalue weighted by molar-refractivity contribution is 5.76. The van der Waals surface area contributed by atoms with Crippen LogP contribution < -0.4 is 9.64 Å². The topological polar surface area (TPSA) is 50.6 Å². The maximum absolute atomic E-state index is 12.7. The van der Waals surface area contributed by atoms with Crippen LogP contribution in [0.25, 0.3) is 5.69 Å². The van der Waals surface area contributed by atoms with Crippen molar-refractivity contribution in [3.8, 4) is 11.4 Å². The van der Waals surface area contributed by atoms with E-state index in [4.69, 9.17) is 4.74 Å². The van der Waals surface area contributed by atoms with Crippen LogP contribution in [-0.4, -0.2) is 53.6 Å². The van der Waals surface area contributed by atoms with E-state index in [1.807, 2.05) is 41.6 Å². The number of piperazine rings is 1. The fourth-order valence-corrected chi connectivity index (χ4v) is 3.79. The molecule has 1 aromatic heterocycles. The fraction of sp³-hybridized carbons (Fsp3) is 0.333. The minimum absolute atomic E-state index is 0.215. The number of carbonyl (C=O) groups is 1. The third kappa shape index (κ3) is 4.48. The number of hydrogen-bond acceptors (Lipinski definition) is 4. The number of carbonyl (C=O) groups excluding carboxylic acids is 1. The lowest BCUT2D eigenvalue weighted by Crippen LogP contribution is -2.49. The molecule has 6 nitrogen and oxygen atoms in total. The van der Waals surface area contributed by atoms with Crippen molar-refractivity contribution >= 4 is 11.9 Å². The molecule has 1 saturated heterocycles. The Hall–Kier alpha value is -3.28. The Kier molecular flexibility index (Phi) is 6.02. The SMILES string of the molecule is COc1ccc(CCC(=O)N2CCN(c3nccn3-c3ccc(C)cc3)CC2)cc1. The van der Waals surface area contributed by atoms with Gasteiger partial charge in [0.25, 0.3) is 0 Å². The first-order valence-electron chi connectivity index (χ1n) is 10.4. The summed E-state index contributed by atoms with van der Waals surface area (Å²) in [6, 6.07) is 16.4. The monoisotopic (exact) mass is 404 g/mol. The van der Waals surface area contributed by atoms with Gasteiger partial charge in [0, 0.05) is 50.7 Å². The molecule has 1 amide bonds. The molecule has 0 N–H and O–H groups in total. The Balaban J connectivity index is 1.32. The third-order valence-electron chi connectivity index (χ3n) is 5.64. The summed E-state index contributed by atoms with van der Waals surface area (Å²) in [4.78, 5) is 21.5. The largest absolute Gasteiger partial charge is 0.497 e. The highest BCUT2D eigenvalue weighted by Crippen LogP contribution is 2.20. The molecule has 1 aliphatic rings. The molecule has 0 unspecified atom stereocenters. The number of hydrogen-bond donors (Lipinski definition) is 0. The second kappa shape index (κ2) is 9.03. The molecule has 0 radical (unpaired) electrons. The summed E-state index contributed by atoms with van der Waals surface area (Å²) in [6.07, 6.45) is 5.11. The van der Waals surface area contributed by atoms with Crippen molar-refractivity contribution in [2.75, 3.05) is 38.2 Å². The van der Waals surface area contributed by atoms with Crippen molar-refractivity contribution in [2.45, 2.75) is 19.8 Å². The van der Waals surface area contributed by atoms with Gasteiger partial charge < -0.3 is 14.5 Å². The van der Waals surface area contributed by atoms with Gasteiger partial charge in [-0.25, -0.2) is 4.98 Å². The van der Waals surface area contributed by atoms with Crippen LogP contribution in [0.4, 0.5) is 5.95 Å². The molecule has 0 aliphatic carbocycles. The molecule has 0 spiro atoms. The standard InChI is InChI=1S/C24H28N4O2/c1-19-3-8-21(9-4-19)28-14-13-25-24(28)27-17-15-26(16-18-27)23(29)12-7-20-5-10-22(30-2)11-6-20/h3-6,8-11,13-14H,7,12,15-18H2,1-2H3. The average Bonchev–Trinajstić information content (AvgIpc) is 3.28. The Morgan fingerprint density at radius 2 is 1.70 bits per heavy atom. The van der Waals surface area contributed by atoms with Gasteiger partial charge in [0.05, 0.1) is 7.11 Å². The van der Waals surface area contributed by atoms with Gasteiger partial charge in [-0.1, -0.05) is 29.8 Å². The highest BCUT2D eigenvalue weighted by atomic mass is 16.5. The smallest absolute Gasteiger partial charge is 0.223 e. The van der Waals surface area contributed by atoms with Gasteiger partial charge in [0.1, 0.15) is 5.75 Å². The van der Waals surface area contributed by atoms with Gasteiger partial charge in [-0.15, -0.1) is 0 Å². The van der Waals surface area contributed by atoms with E-state index in [2.05, 4.69) is 45.6 Å². The lowest BCUT2D eigenvalue weighted by Gasteiger charge is -2.35. The zero-order valence-corrected chi connectivity index (χ0v) is 17.6. The van der Waals surface area contributed by atoms with Crippen LogP contribution in [0.3, 0.4) is 0 Å². The van der Waals surface area contributed by atoms with E-state index in [-0.39, 0.29) is 5.91 Å². The van der Waals surface area contributed by atoms with Gasteiger partial charge >= 0.3 is 0 Å². The van der Waals surface area contributed by atoms with Crippen LogP contribution in [0.15, 0.2) is 60.9 Å². The van der Waals surface area contributed by atoms with Gasteiger partial charge in [0.2, 0.25) is 11.9 Å². The second-order valence-electron chi connectivity index (χ2n) is 7.65. The summed E-state index contributed by atoms with van der Waals surface area (Å²) in [5.41, 5.74) is 3.50. The van der Waals surface area contributed by atoms with Gasteiger partial charge in [-0.05, 0) is 43.2 Å². The first-order chi connectivity index (χ1) is 14.6. The van der Waals surface area contributed by atoms with Crippen molar-refractivity contribution in [3.63, 3.8) is 0 Å². The van der Waals surface area contributed by atoms with Gasteiger partial charge in [-0.3, -0.25) is 9.36 Å². The predicted octanol–water partition coefficient (Wildman–Crippen LogP) is 3.47. The number of anilines is 1. The number of aromatic nitrogens is 2. The number of methoxy groups -OCH3 is 1. The minimum Gasteiger partial charge on any atom is -0.497 e. The Morgan fingerprint density at radius 1 is 1.00 bits per heavy atom. The van der Waals surface area contributed by atoms with E-state index in [0.717, 1.165) is 55.5 Å². The predicted molar refractivity (Wildman–Crippen MR) is 118 cm³/mol. The summed E-state index contributed by atoms with van der Waals surface area (Å²) < 4.78 is 7.30. The number of imidazole rings is 1. The number of benzene rings is 2. The Morgan fingerprint density at radius 3 is 2.37 bits per heavy atom. The molecule has 1 fully saturated rings. The number of aryl methyl sites for hydroxylation is 2. The molecule has 1 aliphatic heterocycles. The van der Waals surface area contributed by atoms with E-state index in [1.165, 1.54) is 5.56 Å². The first kappa shape index (κ1) is 20.0. The van der Waals surface area contributed by atoms with Crippen LogP contribution >= 0.6 is 0 Å². The third-order valence-corrected chi connectivity index (χ3v) is 5.64. The summed E-state index contributed by atoms with van der Waals surface area (Å²) in [5.74, 6) is 1.99. The molecular weight excluding hydrogens is 376 g/mol. The van der Waals surface area contributed by atoms with Crippen LogP contribution in [0.5, 0.6) is 5.75 Å². The van der Waals surface area contributed by atoms with E-state index in [1.54, 1.807) is 7.11 Å². The molecule has 30 heavy (non-hydrogen) atoms. The molecule has 6 heteroatoms. The molecular formula is C24H28N4O2. The van der Waals surface area contributed by atoms with Crippen LogP contribution in [-0.2, 0) is 11.2 Å². The molecule has 0 saturated carbocycles. The lowest BCUT2D eigenvalue weighted by molar-refractivity contribution is -0.131. The molecule has 2 aromatic carbocycles. The van der Waals surface area contributed by atoms with Crippen LogP contribution in [0, 0.1) is 6.92 Å². The van der Waals surface area contributed by atoms with Gasteiger partial charge in [0.15, 0.2) is 0 Å². The Labute approximate surface area is 177 Å². The number of nitrogens with zero attached hydrogens (tertiary/aromatic N) is 4. The highest BCUT2D eigenvalue weighted by Gasteiger charge is 2.23. The molecule has 0 bridgehead atoms. The van der Waals surface area contributed by atoms with Crippen molar-refractivity contribution in [1.82, 2.24) is 14.5 Å². The summed E-state index contributed by atoms with van der Waals surface area (Å²) in [5, 5.41) is 0. The molecule has 2 heterocycles. The van der Waals surface area contributed by atoms with Gasteiger partial charge in [-0.2, -0.15) is 0 Å². The first-order valence-corrected chi connectivity index (χ1v) is 10.4. The maximum Gasteiger partial charge on any atom is 0.223 e. The van der Waals surface area contributed by atoms with Crippen LogP contribution in [0.2, 0.25) is 0 Å². The zero-order chi connectivity index (χ0) is 20.9. The molecule has 0 atom stereocenters. The second-order valence-corrected chi connectivity index (χ2v) is 7.65. The Bertz CT molecular complexity index is 971. The quantitative estimate of drug-likeness (QED) is 0.631. The summed E-state index contributed by atoms with van der Waals surface area (Å²) >= 11 is 0. The average molecular weight is 405 g/mol. The summed E-state index contributed by atoms with van der Waals surface area (Å²) in [7, 11) is 1.66. The normalized spacial score (nSPS) is 14.1. The zero-order valence-electron chi connectivity index (χ0n) is 17.6. The van der Waals surface area contributed by atoms with Crippen molar-refractivity contribution in [2.24, 2.45) is 0 Å². The number of rotatable bonds is 6. The molecule has 4 rings (SSSR count). The van der Waals surface area contributed by atoms with E-state index < -0.39 is 0 Å².